The van der Waals surface area contributed by atoms with Crippen molar-refractivity contribution in [2.75, 3.05) is 0 Å². The number of halogens is 1. The molecule has 17 heavy (non-hydrogen) atoms. The summed E-state index contributed by atoms with van der Waals surface area (Å²) in [4.78, 5) is 12.6. The highest BCUT2D eigenvalue weighted by Crippen LogP contribution is 2.19. The summed E-state index contributed by atoms with van der Waals surface area (Å²) in [7, 11) is 0. The van der Waals surface area contributed by atoms with Gasteiger partial charge in [0.25, 0.3) is 5.91 Å². The lowest BCUT2D eigenvalue weighted by molar-refractivity contribution is 0.0944. The van der Waals surface area contributed by atoms with E-state index in [0.717, 1.165) is 12.8 Å². The van der Waals surface area contributed by atoms with Crippen molar-refractivity contribution in [1.82, 2.24) is 5.32 Å². The van der Waals surface area contributed by atoms with Crippen LogP contribution in [0.2, 0.25) is 5.02 Å². The molecule has 1 atom stereocenters. The number of amides is 1. The van der Waals surface area contributed by atoms with Gasteiger partial charge in [-0.25, -0.2) is 0 Å². The van der Waals surface area contributed by atoms with E-state index in [9.17, 15) is 4.79 Å². The van der Waals surface area contributed by atoms with Gasteiger partial charge in [-0.1, -0.05) is 30.9 Å². The highest BCUT2D eigenvalue weighted by atomic mass is 35.5. The summed E-state index contributed by atoms with van der Waals surface area (Å²) in [5, 5.41) is 3.15. The summed E-state index contributed by atoms with van der Waals surface area (Å²) in [5.74, 6) is 2.28. The number of nitrogens with one attached hydrogen (secondary N) is 1. The summed E-state index contributed by atoms with van der Waals surface area (Å²) in [6, 6.07) is 4.74. The summed E-state index contributed by atoms with van der Waals surface area (Å²) < 4.78 is 0. The van der Waals surface area contributed by atoms with E-state index >= 15 is 0 Å². The van der Waals surface area contributed by atoms with E-state index < -0.39 is 0 Å². The molecule has 90 valence electrons. The lowest BCUT2D eigenvalue weighted by Gasteiger charge is -2.13. The molecule has 1 aromatic carbocycles. The molecule has 2 nitrogen and oxygen atoms in total. The average molecular weight is 268 g/mol. The molecule has 0 radical (unpaired) electrons. The van der Waals surface area contributed by atoms with E-state index in [1.54, 1.807) is 18.2 Å². The first-order chi connectivity index (χ1) is 8.08. The SMILES string of the molecule is C#CC(CCC)NC(=O)c1cc(S)ccc1Cl. The zero-order chi connectivity index (χ0) is 12.8. The van der Waals surface area contributed by atoms with Crippen LogP contribution in [-0.4, -0.2) is 11.9 Å². The van der Waals surface area contributed by atoms with Gasteiger partial charge in [0.05, 0.1) is 16.6 Å². The third-order valence-electron chi connectivity index (χ3n) is 2.28. The lowest BCUT2D eigenvalue weighted by Crippen LogP contribution is -2.33. The summed E-state index contributed by atoms with van der Waals surface area (Å²) in [6.07, 6.45) is 7.00. The predicted molar refractivity (Wildman–Crippen MR) is 73.7 cm³/mol. The second-order valence-corrected chi connectivity index (χ2v) is 4.57. The molecule has 0 aliphatic carbocycles. The molecule has 0 aliphatic heterocycles. The van der Waals surface area contributed by atoms with E-state index in [1.807, 2.05) is 6.92 Å². The predicted octanol–water partition coefficient (Wildman–Crippen LogP) is 3.16. The molecule has 4 heteroatoms. The second-order valence-electron chi connectivity index (χ2n) is 3.65. The van der Waals surface area contributed by atoms with Gasteiger partial charge in [0.1, 0.15) is 0 Å². The molecule has 0 fully saturated rings. The number of hydrogen-bond acceptors (Lipinski definition) is 2. The monoisotopic (exact) mass is 267 g/mol. The summed E-state index contributed by atoms with van der Waals surface area (Å²) in [5.41, 5.74) is 0.399. The topological polar surface area (TPSA) is 29.1 Å². The molecule has 0 spiro atoms. The number of carbonyl (C=O) groups excluding carboxylic acids is 1. The molecule has 0 heterocycles. The number of rotatable bonds is 4. The summed E-state index contributed by atoms with van der Waals surface area (Å²) in [6.45, 7) is 2.01. The van der Waals surface area contributed by atoms with Gasteiger partial charge in [-0.2, -0.15) is 0 Å². The van der Waals surface area contributed by atoms with Crippen LogP contribution in [0, 0.1) is 12.3 Å². The van der Waals surface area contributed by atoms with Crippen LogP contribution >= 0.6 is 24.2 Å². The van der Waals surface area contributed by atoms with Crippen LogP contribution < -0.4 is 5.32 Å². The Morgan fingerprint density at radius 2 is 2.35 bits per heavy atom. The largest absolute Gasteiger partial charge is 0.338 e. The third kappa shape index (κ3) is 3.99. The van der Waals surface area contributed by atoms with E-state index in [4.69, 9.17) is 18.0 Å². The molecule has 1 N–H and O–H groups in total. The van der Waals surface area contributed by atoms with Crippen molar-refractivity contribution in [3.05, 3.63) is 28.8 Å². The van der Waals surface area contributed by atoms with E-state index in [1.165, 1.54) is 0 Å². The van der Waals surface area contributed by atoms with Crippen molar-refractivity contribution >= 4 is 30.1 Å². The molecule has 0 aromatic heterocycles. The fourth-order valence-electron chi connectivity index (χ4n) is 1.41. The van der Waals surface area contributed by atoms with Crippen LogP contribution in [-0.2, 0) is 0 Å². The van der Waals surface area contributed by atoms with Crippen LogP contribution in [0.15, 0.2) is 23.1 Å². The fourth-order valence-corrected chi connectivity index (χ4v) is 1.82. The number of hydrogen-bond donors (Lipinski definition) is 2. The standard InChI is InChI=1S/C13H14ClNOS/c1-3-5-9(4-2)15-13(16)11-8-10(17)6-7-12(11)14/h2,6-9,17H,3,5H2,1H3,(H,15,16). The molecular weight excluding hydrogens is 254 g/mol. The number of thiol groups is 1. The molecule has 1 aromatic rings. The quantitative estimate of drug-likeness (QED) is 0.637. The minimum Gasteiger partial charge on any atom is -0.338 e. The molecular formula is C13H14ClNOS. The molecule has 0 bridgehead atoms. The highest BCUT2D eigenvalue weighted by molar-refractivity contribution is 7.80. The normalized spacial score (nSPS) is 11.6. The molecule has 1 unspecified atom stereocenters. The zero-order valence-corrected chi connectivity index (χ0v) is 11.2. The molecule has 1 rings (SSSR count). The maximum atomic E-state index is 11.9. The van der Waals surface area contributed by atoms with Crippen molar-refractivity contribution in [3.8, 4) is 12.3 Å². The Hall–Kier alpha value is -1.11. The highest BCUT2D eigenvalue weighted by Gasteiger charge is 2.14. The van der Waals surface area contributed by atoms with Crippen molar-refractivity contribution in [2.24, 2.45) is 0 Å². The maximum absolute atomic E-state index is 11.9. The van der Waals surface area contributed by atoms with Crippen molar-refractivity contribution < 1.29 is 4.79 Å². The Morgan fingerprint density at radius 1 is 1.65 bits per heavy atom. The first kappa shape index (κ1) is 14.0. The van der Waals surface area contributed by atoms with Crippen LogP contribution in [0.1, 0.15) is 30.1 Å². The Balaban J connectivity index is 2.83. The number of carbonyl (C=O) groups is 1. The molecule has 1 amide bonds. The van der Waals surface area contributed by atoms with Gasteiger partial charge >= 0.3 is 0 Å². The maximum Gasteiger partial charge on any atom is 0.253 e. The lowest BCUT2D eigenvalue weighted by atomic mass is 10.1. The van der Waals surface area contributed by atoms with E-state index in [-0.39, 0.29) is 11.9 Å². The minimum absolute atomic E-state index is 0.257. The minimum atomic E-state index is -0.262. The fraction of sp³-hybridized carbons (Fsp3) is 0.308. The van der Waals surface area contributed by atoms with Gasteiger partial charge in [0.2, 0.25) is 0 Å². The van der Waals surface area contributed by atoms with Gasteiger partial charge in [-0.15, -0.1) is 19.1 Å². The number of benzene rings is 1. The number of terminal acetylenes is 1. The van der Waals surface area contributed by atoms with Crippen molar-refractivity contribution in [3.63, 3.8) is 0 Å². The van der Waals surface area contributed by atoms with Gasteiger partial charge in [0.15, 0.2) is 0 Å². The molecule has 0 saturated heterocycles. The van der Waals surface area contributed by atoms with Gasteiger partial charge in [-0.3, -0.25) is 4.79 Å². The first-order valence-electron chi connectivity index (χ1n) is 5.34. The van der Waals surface area contributed by atoms with Crippen molar-refractivity contribution in [2.45, 2.75) is 30.7 Å². The van der Waals surface area contributed by atoms with Crippen LogP contribution in [0.3, 0.4) is 0 Å². The smallest absolute Gasteiger partial charge is 0.253 e. The second kappa shape index (κ2) is 6.58. The average Bonchev–Trinajstić information content (AvgIpc) is 2.31. The molecule has 0 saturated carbocycles. The van der Waals surface area contributed by atoms with Gasteiger partial charge in [0, 0.05) is 4.90 Å². The van der Waals surface area contributed by atoms with Crippen molar-refractivity contribution in [1.29, 1.82) is 0 Å². The Kier molecular flexibility index (Phi) is 5.40. The zero-order valence-electron chi connectivity index (χ0n) is 9.53. The van der Waals surface area contributed by atoms with Gasteiger partial charge in [-0.05, 0) is 24.6 Å². The van der Waals surface area contributed by atoms with Gasteiger partial charge < -0.3 is 5.32 Å². The Morgan fingerprint density at radius 3 is 2.94 bits per heavy atom. The van der Waals surface area contributed by atoms with E-state index in [2.05, 4.69) is 23.9 Å². The van der Waals surface area contributed by atoms with Crippen LogP contribution in [0.25, 0.3) is 0 Å². The first-order valence-corrected chi connectivity index (χ1v) is 6.16. The Bertz CT molecular complexity index is 453. The van der Waals surface area contributed by atoms with Crippen LogP contribution in [0.4, 0.5) is 0 Å². The summed E-state index contributed by atoms with van der Waals surface area (Å²) >= 11 is 10.1. The van der Waals surface area contributed by atoms with E-state index in [0.29, 0.717) is 15.5 Å². The Labute approximate surface area is 112 Å². The third-order valence-corrected chi connectivity index (χ3v) is 2.89. The van der Waals surface area contributed by atoms with Crippen LogP contribution in [0.5, 0.6) is 0 Å². The molecule has 0 aliphatic rings.